The van der Waals surface area contributed by atoms with Crippen LogP contribution >= 0.6 is 0 Å². The standard InChI is InChI=1S/C26H36FN3O5S/c1-19(2)17-28-26(32)20(3)29(18-21-11-6-7-12-22(21)27)25(31)15-10-16-30(36(5,33)34)23-13-8-9-14-24(23)35-4/h6-9,11-14,19-20H,10,15-18H2,1-5H3,(H,28,32)/t20-/m1/s1. The van der Waals surface area contributed by atoms with Gasteiger partial charge in [0.25, 0.3) is 0 Å². The number of nitrogens with one attached hydrogen (secondary N) is 1. The van der Waals surface area contributed by atoms with E-state index < -0.39 is 21.9 Å². The Balaban J connectivity index is 2.20. The number of nitrogens with zero attached hydrogens (tertiary/aromatic N) is 2. The van der Waals surface area contributed by atoms with Crippen molar-refractivity contribution < 1.29 is 27.1 Å². The van der Waals surface area contributed by atoms with Crippen LogP contribution in [0.15, 0.2) is 48.5 Å². The van der Waals surface area contributed by atoms with Crippen molar-refractivity contribution in [3.05, 3.63) is 59.9 Å². The average molecular weight is 522 g/mol. The molecular formula is C26H36FN3O5S. The van der Waals surface area contributed by atoms with Gasteiger partial charge in [-0.15, -0.1) is 0 Å². The van der Waals surface area contributed by atoms with Gasteiger partial charge in [-0.1, -0.05) is 44.2 Å². The Morgan fingerprint density at radius 3 is 2.31 bits per heavy atom. The van der Waals surface area contributed by atoms with E-state index in [1.54, 1.807) is 49.4 Å². The number of carbonyl (C=O) groups excluding carboxylic acids is 2. The zero-order valence-corrected chi connectivity index (χ0v) is 22.3. The summed E-state index contributed by atoms with van der Waals surface area (Å²) in [4.78, 5) is 27.3. The SMILES string of the molecule is COc1ccccc1N(CCCC(=O)N(Cc1ccccc1F)[C@H](C)C(=O)NCC(C)C)S(C)(=O)=O. The maximum atomic E-state index is 14.4. The van der Waals surface area contributed by atoms with Gasteiger partial charge in [0.1, 0.15) is 17.6 Å². The van der Waals surface area contributed by atoms with E-state index in [-0.39, 0.29) is 43.7 Å². The van der Waals surface area contributed by atoms with E-state index in [0.29, 0.717) is 23.5 Å². The van der Waals surface area contributed by atoms with Gasteiger partial charge < -0.3 is 15.0 Å². The second kappa shape index (κ2) is 13.2. The van der Waals surface area contributed by atoms with Gasteiger partial charge in [-0.2, -0.15) is 0 Å². The predicted molar refractivity (Wildman–Crippen MR) is 139 cm³/mol. The van der Waals surface area contributed by atoms with E-state index >= 15 is 0 Å². The molecule has 0 saturated heterocycles. The highest BCUT2D eigenvalue weighted by Crippen LogP contribution is 2.29. The Morgan fingerprint density at radius 2 is 1.69 bits per heavy atom. The van der Waals surface area contributed by atoms with Gasteiger partial charge in [0.2, 0.25) is 21.8 Å². The molecule has 10 heteroatoms. The number of methoxy groups -OCH3 is 1. The monoisotopic (exact) mass is 521 g/mol. The van der Waals surface area contributed by atoms with Crippen LogP contribution in [0.1, 0.15) is 39.2 Å². The lowest BCUT2D eigenvalue weighted by Gasteiger charge is -2.30. The fourth-order valence-corrected chi connectivity index (χ4v) is 4.63. The summed E-state index contributed by atoms with van der Waals surface area (Å²) in [6.07, 6.45) is 1.25. The highest BCUT2D eigenvalue weighted by molar-refractivity contribution is 7.92. The van der Waals surface area contributed by atoms with Crippen molar-refractivity contribution >= 4 is 27.5 Å². The number of anilines is 1. The van der Waals surface area contributed by atoms with Gasteiger partial charge in [0, 0.05) is 31.6 Å². The number of ether oxygens (including phenoxy) is 1. The second-order valence-corrected chi connectivity index (χ2v) is 10.9. The number of para-hydroxylation sites is 2. The molecular weight excluding hydrogens is 485 g/mol. The van der Waals surface area contributed by atoms with E-state index in [1.165, 1.54) is 22.4 Å². The molecule has 1 N–H and O–H groups in total. The number of halogens is 1. The van der Waals surface area contributed by atoms with Gasteiger partial charge in [-0.25, -0.2) is 12.8 Å². The number of amides is 2. The minimum Gasteiger partial charge on any atom is -0.495 e. The molecule has 0 radical (unpaired) electrons. The zero-order chi connectivity index (χ0) is 26.9. The third-order valence-electron chi connectivity index (χ3n) is 5.66. The smallest absolute Gasteiger partial charge is 0.242 e. The van der Waals surface area contributed by atoms with E-state index in [9.17, 15) is 22.4 Å². The quantitative estimate of drug-likeness (QED) is 0.435. The lowest BCUT2D eigenvalue weighted by atomic mass is 10.1. The first kappa shape index (κ1) is 29.1. The van der Waals surface area contributed by atoms with Crippen molar-refractivity contribution in [2.45, 2.75) is 46.2 Å². The number of hydrogen-bond acceptors (Lipinski definition) is 5. The van der Waals surface area contributed by atoms with Crippen LogP contribution in [0.25, 0.3) is 0 Å². The Hall–Kier alpha value is -3.14. The number of benzene rings is 2. The van der Waals surface area contributed by atoms with Crippen LogP contribution in [0.5, 0.6) is 5.75 Å². The van der Waals surface area contributed by atoms with Gasteiger partial charge in [-0.3, -0.25) is 13.9 Å². The number of rotatable bonds is 13. The van der Waals surface area contributed by atoms with E-state index in [1.807, 2.05) is 13.8 Å². The van der Waals surface area contributed by atoms with Crippen LogP contribution in [0.2, 0.25) is 0 Å². The summed E-state index contributed by atoms with van der Waals surface area (Å²) < 4.78 is 45.8. The van der Waals surface area contributed by atoms with Crippen LogP contribution < -0.4 is 14.4 Å². The first-order valence-electron chi connectivity index (χ1n) is 11.9. The highest BCUT2D eigenvalue weighted by atomic mass is 32.2. The molecule has 0 fully saturated rings. The molecule has 0 aliphatic rings. The Bertz CT molecular complexity index is 1140. The van der Waals surface area contributed by atoms with Crippen molar-refractivity contribution in [2.24, 2.45) is 5.92 Å². The molecule has 2 amide bonds. The van der Waals surface area contributed by atoms with Gasteiger partial charge in [0.15, 0.2) is 0 Å². The van der Waals surface area contributed by atoms with Crippen molar-refractivity contribution in [1.82, 2.24) is 10.2 Å². The molecule has 2 aromatic carbocycles. The largest absolute Gasteiger partial charge is 0.495 e. The maximum Gasteiger partial charge on any atom is 0.242 e. The third-order valence-corrected chi connectivity index (χ3v) is 6.84. The molecule has 0 bridgehead atoms. The minimum atomic E-state index is -3.65. The van der Waals surface area contributed by atoms with Crippen molar-refractivity contribution in [3.63, 3.8) is 0 Å². The fraction of sp³-hybridized carbons (Fsp3) is 0.462. The molecule has 0 aliphatic heterocycles. The summed E-state index contributed by atoms with van der Waals surface area (Å²) in [6.45, 7) is 5.93. The van der Waals surface area contributed by atoms with Crippen LogP contribution in [0, 0.1) is 11.7 Å². The first-order valence-corrected chi connectivity index (χ1v) is 13.7. The van der Waals surface area contributed by atoms with E-state index in [4.69, 9.17) is 4.74 Å². The second-order valence-electron chi connectivity index (χ2n) is 9.04. The van der Waals surface area contributed by atoms with Crippen LogP contribution in [0.3, 0.4) is 0 Å². The molecule has 0 unspecified atom stereocenters. The molecule has 198 valence electrons. The first-order chi connectivity index (χ1) is 17.0. The summed E-state index contributed by atoms with van der Waals surface area (Å²) in [6, 6.07) is 12.0. The summed E-state index contributed by atoms with van der Waals surface area (Å²) in [5.74, 6) is -0.552. The maximum absolute atomic E-state index is 14.4. The molecule has 0 aliphatic carbocycles. The lowest BCUT2D eigenvalue weighted by molar-refractivity contribution is -0.140. The minimum absolute atomic E-state index is 0.0303. The molecule has 36 heavy (non-hydrogen) atoms. The molecule has 0 saturated carbocycles. The molecule has 2 aromatic rings. The normalized spacial score (nSPS) is 12.2. The molecule has 0 aromatic heterocycles. The predicted octanol–water partition coefficient (Wildman–Crippen LogP) is 3.57. The van der Waals surface area contributed by atoms with Gasteiger partial charge in [0.05, 0.1) is 19.1 Å². The topological polar surface area (TPSA) is 96.0 Å². The van der Waals surface area contributed by atoms with Crippen LogP contribution in [-0.2, 0) is 26.2 Å². The fourth-order valence-electron chi connectivity index (χ4n) is 3.66. The molecule has 0 heterocycles. The summed E-state index contributed by atoms with van der Waals surface area (Å²) in [7, 11) is -2.20. The van der Waals surface area contributed by atoms with Crippen LogP contribution in [-0.4, -0.2) is 57.6 Å². The molecule has 2 rings (SSSR count). The average Bonchev–Trinajstić information content (AvgIpc) is 2.83. The zero-order valence-electron chi connectivity index (χ0n) is 21.5. The molecule has 0 spiro atoms. The summed E-state index contributed by atoms with van der Waals surface area (Å²) in [5, 5.41) is 2.82. The van der Waals surface area contributed by atoms with E-state index in [2.05, 4.69) is 5.32 Å². The number of carbonyl (C=O) groups is 2. The van der Waals surface area contributed by atoms with Gasteiger partial charge >= 0.3 is 0 Å². The van der Waals surface area contributed by atoms with Crippen molar-refractivity contribution in [2.75, 3.05) is 30.8 Å². The van der Waals surface area contributed by atoms with Crippen LogP contribution in [0.4, 0.5) is 10.1 Å². The van der Waals surface area contributed by atoms with Gasteiger partial charge in [-0.05, 0) is 37.5 Å². The van der Waals surface area contributed by atoms with Crippen molar-refractivity contribution in [3.8, 4) is 5.75 Å². The molecule has 1 atom stereocenters. The number of hydrogen-bond donors (Lipinski definition) is 1. The molecule has 8 nitrogen and oxygen atoms in total. The van der Waals surface area contributed by atoms with E-state index in [0.717, 1.165) is 6.26 Å². The Kier molecular flexibility index (Phi) is 10.7. The highest BCUT2D eigenvalue weighted by Gasteiger charge is 2.27. The lowest BCUT2D eigenvalue weighted by Crippen LogP contribution is -2.48. The number of sulfonamides is 1. The Labute approximate surface area is 213 Å². The summed E-state index contributed by atoms with van der Waals surface area (Å²) >= 11 is 0. The third kappa shape index (κ3) is 8.22. The Morgan fingerprint density at radius 1 is 1.06 bits per heavy atom. The van der Waals surface area contributed by atoms with Crippen molar-refractivity contribution in [1.29, 1.82) is 0 Å². The summed E-state index contributed by atoms with van der Waals surface area (Å²) in [5.41, 5.74) is 0.667.